The quantitative estimate of drug-likeness (QED) is 0.493. The van der Waals surface area contributed by atoms with E-state index in [0.29, 0.717) is 28.3 Å². The molecule has 0 saturated carbocycles. The van der Waals surface area contributed by atoms with Gasteiger partial charge in [0.05, 0.1) is 41.0 Å². The van der Waals surface area contributed by atoms with Gasteiger partial charge < -0.3 is 24.7 Å². The van der Waals surface area contributed by atoms with Crippen LogP contribution in [0.2, 0.25) is 5.02 Å². The number of fused-ring (bicyclic) bond motifs is 1. The van der Waals surface area contributed by atoms with Crippen LogP contribution >= 0.6 is 11.6 Å². The number of aliphatic hydroxyl groups is 2. The Kier molecular flexibility index (Phi) is 5.87. The second kappa shape index (κ2) is 8.69. The number of halogens is 1. The van der Waals surface area contributed by atoms with Gasteiger partial charge in [-0.05, 0) is 23.6 Å². The van der Waals surface area contributed by atoms with E-state index in [2.05, 4.69) is 15.0 Å². The molecule has 174 valence electrons. The van der Waals surface area contributed by atoms with Gasteiger partial charge in [-0.1, -0.05) is 41.9 Å². The van der Waals surface area contributed by atoms with Gasteiger partial charge in [-0.2, -0.15) is 4.98 Å². The first-order chi connectivity index (χ1) is 15.8. The summed E-state index contributed by atoms with van der Waals surface area (Å²) in [7, 11) is -2.97. The summed E-state index contributed by atoms with van der Waals surface area (Å²) in [5.41, 5.74) is 4.32. The molecule has 3 aromatic rings. The van der Waals surface area contributed by atoms with Gasteiger partial charge in [-0.3, -0.25) is 0 Å². The molecule has 1 saturated heterocycles. The number of rotatable bonds is 5. The van der Waals surface area contributed by atoms with Gasteiger partial charge in [0.1, 0.15) is 12.2 Å². The lowest BCUT2D eigenvalue weighted by Gasteiger charge is -2.15. The van der Waals surface area contributed by atoms with Crippen molar-refractivity contribution in [3.63, 3.8) is 0 Å². The van der Waals surface area contributed by atoms with E-state index in [1.165, 1.54) is 0 Å². The van der Waals surface area contributed by atoms with Crippen LogP contribution in [0.3, 0.4) is 0 Å². The maximum atomic E-state index is 11.6. The maximum Gasteiger partial charge on any atom is 0.296 e. The van der Waals surface area contributed by atoms with Crippen LogP contribution in [0.25, 0.3) is 28.0 Å². The van der Waals surface area contributed by atoms with Crippen LogP contribution in [0, 0.1) is 0 Å². The highest BCUT2D eigenvalue weighted by atomic mass is 35.5. The molecule has 5 rings (SSSR count). The smallest absolute Gasteiger partial charge is 0.296 e. The summed E-state index contributed by atoms with van der Waals surface area (Å²) in [5.74, 6) is 0.237. The van der Waals surface area contributed by atoms with Crippen molar-refractivity contribution in [2.45, 2.75) is 24.7 Å². The number of nitrogens with zero attached hydrogens (tertiary/aromatic N) is 2. The molecule has 2 aromatic heterocycles. The number of nitrogens with one attached hydrogen (secondary N) is 1. The fourth-order valence-corrected chi connectivity index (χ4v) is 5.41. The van der Waals surface area contributed by atoms with Crippen molar-refractivity contribution in [1.29, 1.82) is 0 Å². The van der Waals surface area contributed by atoms with Gasteiger partial charge in [-0.25, -0.2) is 13.4 Å². The summed E-state index contributed by atoms with van der Waals surface area (Å²) >= 11 is 6.48. The van der Waals surface area contributed by atoms with Crippen molar-refractivity contribution in [3.8, 4) is 17.3 Å². The average Bonchev–Trinajstić information content (AvgIpc) is 3.35. The van der Waals surface area contributed by atoms with Crippen molar-refractivity contribution in [2.75, 3.05) is 24.7 Å². The lowest BCUT2D eigenvalue weighted by molar-refractivity contribution is -0.00390. The van der Waals surface area contributed by atoms with Crippen LogP contribution in [-0.4, -0.2) is 76.6 Å². The van der Waals surface area contributed by atoms with E-state index in [1.807, 2.05) is 24.3 Å². The van der Waals surface area contributed by atoms with E-state index < -0.39 is 28.1 Å². The monoisotopic (exact) mass is 491 g/mol. The summed E-state index contributed by atoms with van der Waals surface area (Å²) in [6.45, 7) is -0.158. The first kappa shape index (κ1) is 22.3. The predicted octanol–water partition coefficient (Wildman–Crippen LogP) is 1.98. The minimum Gasteiger partial charge on any atom is -0.456 e. The predicted molar refractivity (Wildman–Crippen MR) is 123 cm³/mol. The Morgan fingerprint density at radius 3 is 2.64 bits per heavy atom. The lowest BCUT2D eigenvalue weighted by atomic mass is 10.0. The fourth-order valence-electron chi connectivity index (χ4n) is 4.00. The largest absolute Gasteiger partial charge is 0.456 e. The molecule has 2 aliphatic heterocycles. The molecular weight excluding hydrogens is 470 g/mol. The number of ether oxygens (including phenoxy) is 2. The summed E-state index contributed by atoms with van der Waals surface area (Å²) in [6, 6.07) is 9.53. The first-order valence-corrected chi connectivity index (χ1v) is 12.7. The van der Waals surface area contributed by atoms with Crippen molar-refractivity contribution in [1.82, 2.24) is 15.0 Å². The van der Waals surface area contributed by atoms with E-state index in [-0.39, 0.29) is 30.7 Å². The molecule has 9 nitrogen and oxygen atoms in total. The number of pyridine rings is 1. The van der Waals surface area contributed by atoms with Gasteiger partial charge in [-0.15, -0.1) is 0 Å². The van der Waals surface area contributed by atoms with Crippen LogP contribution in [-0.2, 0) is 14.6 Å². The molecule has 3 atom stereocenters. The van der Waals surface area contributed by atoms with E-state index in [4.69, 9.17) is 21.1 Å². The molecule has 0 spiro atoms. The number of benzene rings is 1. The SMILES string of the molecule is O=S1(=O)CC=C(c2ccc(-c3nc4nc(OC5COC(CO)C5O)[nH]c4cc3Cl)cc2)CC1. The maximum absolute atomic E-state index is 11.6. The Hall–Kier alpha value is -2.50. The van der Waals surface area contributed by atoms with E-state index in [0.717, 1.165) is 16.7 Å². The molecule has 1 aromatic carbocycles. The van der Waals surface area contributed by atoms with Gasteiger partial charge in [0.15, 0.2) is 21.6 Å². The number of allylic oxidation sites excluding steroid dienone is 1. The number of sulfone groups is 1. The Bertz CT molecular complexity index is 1320. The van der Waals surface area contributed by atoms with Crippen LogP contribution < -0.4 is 4.74 Å². The van der Waals surface area contributed by atoms with Crippen LogP contribution in [0.4, 0.5) is 0 Å². The van der Waals surface area contributed by atoms with Gasteiger partial charge >= 0.3 is 0 Å². The molecule has 4 heterocycles. The summed E-state index contributed by atoms with van der Waals surface area (Å²) in [4.78, 5) is 11.9. The molecule has 11 heteroatoms. The van der Waals surface area contributed by atoms with E-state index >= 15 is 0 Å². The molecule has 0 amide bonds. The van der Waals surface area contributed by atoms with Crippen LogP contribution in [0.5, 0.6) is 6.01 Å². The Labute approximate surface area is 195 Å². The first-order valence-electron chi connectivity index (χ1n) is 10.5. The number of aromatic nitrogens is 3. The van der Waals surface area contributed by atoms with E-state index in [1.54, 1.807) is 12.1 Å². The third kappa shape index (κ3) is 4.49. The second-order valence-electron chi connectivity index (χ2n) is 8.10. The van der Waals surface area contributed by atoms with Crippen molar-refractivity contribution < 1.29 is 28.1 Å². The average molecular weight is 492 g/mol. The number of hydrogen-bond acceptors (Lipinski definition) is 8. The molecule has 3 N–H and O–H groups in total. The molecule has 3 unspecified atom stereocenters. The van der Waals surface area contributed by atoms with Gasteiger partial charge in [0.2, 0.25) is 0 Å². The Morgan fingerprint density at radius 1 is 1.21 bits per heavy atom. The summed E-state index contributed by atoms with van der Waals surface area (Å²) in [6.07, 6.45) is -0.0358. The normalized spacial score (nSPS) is 24.7. The summed E-state index contributed by atoms with van der Waals surface area (Å²) in [5, 5.41) is 19.8. The highest BCUT2D eigenvalue weighted by Gasteiger charge is 2.37. The standard InChI is InChI=1S/C22H22ClN3O6S/c23-15-9-16-21(26-22(24-16)32-18-11-31-17(10-27)20(18)28)25-19(15)14-3-1-12(2-4-14)13-5-7-33(29,30)8-6-13/h1-5,9,17-18,20,27-28H,6-8,10-11H2,(H,24,25,26). The molecule has 0 radical (unpaired) electrons. The molecule has 0 aliphatic carbocycles. The third-order valence-electron chi connectivity index (χ3n) is 5.88. The highest BCUT2D eigenvalue weighted by Crippen LogP contribution is 2.32. The lowest BCUT2D eigenvalue weighted by Crippen LogP contribution is -2.36. The topological polar surface area (TPSA) is 135 Å². The zero-order valence-electron chi connectivity index (χ0n) is 17.4. The zero-order chi connectivity index (χ0) is 23.2. The van der Waals surface area contributed by atoms with E-state index in [9.17, 15) is 18.6 Å². The second-order valence-corrected chi connectivity index (χ2v) is 10.7. The molecular formula is C22H22ClN3O6S. The Balaban J connectivity index is 1.37. The number of imidazole rings is 1. The van der Waals surface area contributed by atoms with Crippen molar-refractivity contribution in [3.05, 3.63) is 47.0 Å². The molecule has 0 bridgehead atoms. The number of H-pyrrole nitrogens is 1. The highest BCUT2D eigenvalue weighted by molar-refractivity contribution is 7.91. The number of aromatic amines is 1. The van der Waals surface area contributed by atoms with Crippen LogP contribution in [0.1, 0.15) is 12.0 Å². The minimum atomic E-state index is -2.97. The number of aliphatic hydroxyl groups excluding tert-OH is 2. The Morgan fingerprint density at radius 2 is 1.97 bits per heavy atom. The minimum absolute atomic E-state index is 0.0718. The zero-order valence-corrected chi connectivity index (χ0v) is 19.0. The van der Waals surface area contributed by atoms with Gasteiger partial charge in [0, 0.05) is 5.56 Å². The summed E-state index contributed by atoms with van der Waals surface area (Å²) < 4.78 is 34.3. The van der Waals surface area contributed by atoms with Crippen LogP contribution in [0.15, 0.2) is 36.4 Å². The number of hydrogen-bond donors (Lipinski definition) is 3. The molecule has 1 fully saturated rings. The van der Waals surface area contributed by atoms with Crippen molar-refractivity contribution in [2.24, 2.45) is 0 Å². The third-order valence-corrected chi connectivity index (χ3v) is 7.67. The fraction of sp³-hybridized carbons (Fsp3) is 0.364. The van der Waals surface area contributed by atoms with Crippen molar-refractivity contribution >= 4 is 38.2 Å². The molecule has 33 heavy (non-hydrogen) atoms. The molecule has 2 aliphatic rings. The van der Waals surface area contributed by atoms with Gasteiger partial charge in [0.25, 0.3) is 6.01 Å².